The fourth-order valence-electron chi connectivity index (χ4n) is 5.85. The lowest BCUT2D eigenvalue weighted by molar-refractivity contribution is 0.0904. The molecule has 0 bridgehead atoms. The van der Waals surface area contributed by atoms with Crippen LogP contribution in [0.5, 0.6) is 0 Å². The summed E-state index contributed by atoms with van der Waals surface area (Å²) in [6.07, 6.45) is 0.756. The van der Waals surface area contributed by atoms with Gasteiger partial charge in [-0.25, -0.2) is 22.0 Å². The van der Waals surface area contributed by atoms with E-state index in [2.05, 4.69) is 32.5 Å². The second-order valence-corrected chi connectivity index (χ2v) is 14.4. The fourth-order valence-corrected chi connectivity index (χ4v) is 7.30. The van der Waals surface area contributed by atoms with Crippen molar-refractivity contribution in [2.45, 2.75) is 56.6 Å². The number of benzene rings is 2. The molecule has 1 aromatic heterocycles. The topological polar surface area (TPSA) is 138 Å². The molecule has 16 heteroatoms. The van der Waals surface area contributed by atoms with Crippen molar-refractivity contribution < 1.29 is 36.3 Å². The Morgan fingerprint density at radius 1 is 1.10 bits per heavy atom. The average Bonchev–Trinajstić information content (AvgIpc) is 3.42. The van der Waals surface area contributed by atoms with Crippen LogP contribution in [-0.2, 0) is 32.5 Å². The highest BCUT2D eigenvalue weighted by Crippen LogP contribution is 2.32. The van der Waals surface area contributed by atoms with Crippen molar-refractivity contribution in [1.29, 1.82) is 0 Å². The molecule has 0 spiro atoms. The minimum Gasteiger partial charge on any atom is -0.448 e. The Labute approximate surface area is 285 Å². The molecule has 2 aromatic carbocycles. The molecule has 1 saturated heterocycles. The summed E-state index contributed by atoms with van der Waals surface area (Å²) in [5, 5.41) is 10.7. The zero-order valence-electron chi connectivity index (χ0n) is 28.3. The van der Waals surface area contributed by atoms with Crippen LogP contribution in [0.3, 0.4) is 0 Å². The molecule has 1 atom stereocenters. The number of amides is 1. The minimum atomic E-state index is -4.36. The van der Waals surface area contributed by atoms with Crippen LogP contribution < -0.4 is 15.5 Å². The molecule has 266 valence electrons. The predicted octanol–water partition coefficient (Wildman–Crippen LogP) is 4.14. The molecular weight excluding hydrogens is 660 g/mol. The van der Waals surface area contributed by atoms with Gasteiger partial charge >= 0.3 is 6.09 Å². The van der Waals surface area contributed by atoms with Gasteiger partial charge in [0.25, 0.3) is 5.91 Å². The van der Waals surface area contributed by atoms with E-state index in [1.165, 1.54) is 0 Å². The summed E-state index contributed by atoms with van der Waals surface area (Å²) >= 11 is 0. The van der Waals surface area contributed by atoms with Crippen LogP contribution >= 0.6 is 0 Å². The number of carbonyl (C=O) groups excluding carboxylic acids is 2. The number of carbonyl (C=O) groups is 2. The first-order valence-electron chi connectivity index (χ1n) is 16.2. The summed E-state index contributed by atoms with van der Waals surface area (Å²) in [5.74, 6) is -2.63. The third-order valence-electron chi connectivity index (χ3n) is 8.86. The number of hydrogen-bond donors (Lipinski definition) is 2. The molecule has 2 N–H and O–H groups in total. The maximum atomic E-state index is 14.0. The number of fused-ring (bicyclic) bond motifs is 1. The zero-order valence-corrected chi connectivity index (χ0v) is 29.1. The number of likely N-dealkylation sites (N-methyl/N-ethyl adjacent to an activating group) is 2. The van der Waals surface area contributed by atoms with Crippen LogP contribution in [0.25, 0.3) is 0 Å². The van der Waals surface area contributed by atoms with Crippen molar-refractivity contribution in [2.75, 3.05) is 69.6 Å². The van der Waals surface area contributed by atoms with Gasteiger partial charge in [-0.15, -0.1) is 5.10 Å². The first-order valence-corrected chi connectivity index (χ1v) is 17.6. The van der Waals surface area contributed by atoms with Gasteiger partial charge in [-0.3, -0.25) is 4.79 Å². The molecule has 1 unspecified atom stereocenters. The Hall–Kier alpha value is -4.12. The van der Waals surface area contributed by atoms with E-state index in [1.807, 2.05) is 33.3 Å². The molecule has 2 aliphatic heterocycles. The standard InChI is InChI=1S/C33H43F2N7O6S/c1-6-48-33(44)42-30-9-12-41(49(45,46)26-16-22(34)15-23(35)17-26)20-28(30)31(38-42)37-32(43)27-8-7-25(40(5)19-21(2)39(3)4)18-29(27)36-24-10-13-47-14-11-24/h7-8,15-18,21,24,36H,6,9-14,19-20H2,1-5H3,(H,37,38,43). The number of aromatic nitrogens is 2. The van der Waals surface area contributed by atoms with E-state index in [1.54, 1.807) is 13.0 Å². The molecule has 5 rings (SSSR count). The summed E-state index contributed by atoms with van der Waals surface area (Å²) in [6.45, 7) is 5.34. The minimum absolute atomic E-state index is 0.0248. The highest BCUT2D eigenvalue weighted by molar-refractivity contribution is 7.89. The molecule has 13 nitrogen and oxygen atoms in total. The Balaban J connectivity index is 1.48. The molecule has 3 heterocycles. The Morgan fingerprint density at radius 3 is 2.45 bits per heavy atom. The molecule has 0 saturated carbocycles. The molecule has 0 radical (unpaired) electrons. The van der Waals surface area contributed by atoms with Crippen LogP contribution in [0.1, 0.15) is 48.3 Å². The first-order chi connectivity index (χ1) is 23.3. The van der Waals surface area contributed by atoms with Gasteiger partial charge in [-0.1, -0.05) is 0 Å². The van der Waals surface area contributed by atoms with Crippen molar-refractivity contribution in [3.8, 4) is 0 Å². The maximum absolute atomic E-state index is 14.0. The highest BCUT2D eigenvalue weighted by atomic mass is 32.2. The molecular formula is C33H43F2N7O6S. The Kier molecular flexibility index (Phi) is 11.2. The van der Waals surface area contributed by atoms with Crippen molar-refractivity contribution in [3.63, 3.8) is 0 Å². The number of rotatable bonds is 11. The normalized spacial score (nSPS) is 16.2. The number of nitrogens with one attached hydrogen (secondary N) is 2. The van der Waals surface area contributed by atoms with Crippen molar-refractivity contribution in [3.05, 3.63) is 64.9 Å². The fraction of sp³-hybridized carbons (Fsp3) is 0.485. The van der Waals surface area contributed by atoms with Gasteiger partial charge in [0.1, 0.15) is 11.6 Å². The molecule has 2 aliphatic rings. The van der Waals surface area contributed by atoms with Crippen molar-refractivity contribution in [2.24, 2.45) is 0 Å². The molecule has 3 aromatic rings. The van der Waals surface area contributed by atoms with E-state index >= 15 is 0 Å². The van der Waals surface area contributed by atoms with Crippen LogP contribution in [0.15, 0.2) is 41.3 Å². The van der Waals surface area contributed by atoms with Gasteiger partial charge in [0, 0.05) is 81.4 Å². The maximum Gasteiger partial charge on any atom is 0.434 e. The molecule has 1 amide bonds. The number of sulfonamides is 1. The van der Waals surface area contributed by atoms with Gasteiger partial charge in [-0.05, 0) is 71.1 Å². The largest absolute Gasteiger partial charge is 0.448 e. The lowest BCUT2D eigenvalue weighted by Gasteiger charge is -2.29. The predicted molar refractivity (Wildman–Crippen MR) is 181 cm³/mol. The summed E-state index contributed by atoms with van der Waals surface area (Å²) in [7, 11) is 1.66. The number of ether oxygens (including phenoxy) is 2. The highest BCUT2D eigenvalue weighted by Gasteiger charge is 2.35. The number of hydrogen-bond acceptors (Lipinski definition) is 10. The SMILES string of the molecule is CCOC(=O)n1nc(NC(=O)c2ccc(N(C)CC(C)N(C)C)cc2NC2CCOCC2)c2c1CCN(S(=O)(=O)c1cc(F)cc(F)c1)C2. The van der Waals surface area contributed by atoms with Crippen LogP contribution in [0, 0.1) is 11.6 Å². The van der Waals surface area contributed by atoms with Gasteiger partial charge in [0.05, 0.1) is 22.8 Å². The summed E-state index contributed by atoms with van der Waals surface area (Å²) in [4.78, 5) is 30.6. The monoisotopic (exact) mass is 703 g/mol. The van der Waals surface area contributed by atoms with Crippen LogP contribution in [0.2, 0.25) is 0 Å². The quantitative estimate of drug-likeness (QED) is 0.300. The Bertz CT molecular complexity index is 1780. The van der Waals surface area contributed by atoms with Gasteiger partial charge in [0.2, 0.25) is 10.0 Å². The average molecular weight is 704 g/mol. The number of halogens is 2. The second-order valence-electron chi connectivity index (χ2n) is 12.5. The second kappa shape index (κ2) is 15.2. The first kappa shape index (κ1) is 36.2. The number of nitrogens with zero attached hydrogens (tertiary/aromatic N) is 5. The van der Waals surface area contributed by atoms with Gasteiger partial charge < -0.3 is 29.9 Å². The number of anilines is 3. The Morgan fingerprint density at radius 2 is 1.80 bits per heavy atom. The molecule has 49 heavy (non-hydrogen) atoms. The summed E-state index contributed by atoms with van der Waals surface area (Å²) in [6, 6.07) is 7.91. The molecule has 0 aliphatic carbocycles. The van der Waals surface area contributed by atoms with E-state index < -0.39 is 38.6 Å². The van der Waals surface area contributed by atoms with E-state index in [0.29, 0.717) is 36.2 Å². The third kappa shape index (κ3) is 8.20. The lowest BCUT2D eigenvalue weighted by atomic mass is 10.1. The van der Waals surface area contributed by atoms with Gasteiger partial charge in [0.15, 0.2) is 5.82 Å². The van der Waals surface area contributed by atoms with E-state index in [4.69, 9.17) is 9.47 Å². The third-order valence-corrected chi connectivity index (χ3v) is 10.7. The van der Waals surface area contributed by atoms with Crippen LogP contribution in [-0.4, -0.2) is 106 Å². The van der Waals surface area contributed by atoms with Crippen molar-refractivity contribution >= 4 is 39.2 Å². The van der Waals surface area contributed by atoms with Crippen LogP contribution in [0.4, 0.5) is 30.8 Å². The van der Waals surface area contributed by atoms with Gasteiger partial charge in [-0.2, -0.15) is 8.99 Å². The van der Waals surface area contributed by atoms with E-state index in [9.17, 15) is 26.8 Å². The zero-order chi connectivity index (χ0) is 35.5. The van der Waals surface area contributed by atoms with Crippen molar-refractivity contribution in [1.82, 2.24) is 19.0 Å². The van der Waals surface area contributed by atoms with E-state index in [0.717, 1.165) is 46.2 Å². The van der Waals surface area contributed by atoms with E-state index in [-0.39, 0.29) is 49.6 Å². The molecule has 1 fully saturated rings. The lowest BCUT2D eigenvalue weighted by Crippen LogP contribution is -2.37. The smallest absolute Gasteiger partial charge is 0.434 e. The summed E-state index contributed by atoms with van der Waals surface area (Å²) < 4.78 is 67.7. The summed E-state index contributed by atoms with van der Waals surface area (Å²) in [5.41, 5.74) is 2.44.